The Morgan fingerprint density at radius 2 is 0.673 bits per heavy atom. The lowest BCUT2D eigenvalue weighted by atomic mass is 9.99. The number of nitrogens with zero attached hydrogens (tertiary/aromatic N) is 5. The molecule has 55 heavy (non-hydrogen) atoms. The van der Waals surface area contributed by atoms with E-state index in [-0.39, 0.29) is 0 Å². The van der Waals surface area contributed by atoms with Crippen LogP contribution in [0.25, 0.3) is 93.6 Å². The number of hydrogen-bond donors (Lipinski definition) is 0. The number of fused-ring (bicyclic) bond motifs is 9. The second-order valence-electron chi connectivity index (χ2n) is 14.0. The highest BCUT2D eigenvalue weighted by atomic mass is 15.0. The van der Waals surface area contributed by atoms with Crippen LogP contribution in [0.1, 0.15) is 11.1 Å². The Kier molecular flexibility index (Phi) is 6.61. The molecule has 11 aromatic rings. The van der Waals surface area contributed by atoms with E-state index in [1.54, 1.807) is 0 Å². The molecule has 11 rings (SSSR count). The standard InChI is InChI=1S/C50H29N5/c51-30-34-26-32(22-24-43(34)54-46-19-9-4-14-37(46)38-15-5-10-20-47(38)54)33-23-25-44(35(27-33)31-52)55-48-21-11-7-17-40(48)42-28-49-41(29-50(42)55)39-16-6-8-18-45(39)53(49)36-12-2-1-3-13-36/h1-29H. The van der Waals surface area contributed by atoms with Crippen molar-refractivity contribution in [3.8, 4) is 40.3 Å². The van der Waals surface area contributed by atoms with Gasteiger partial charge in [-0.2, -0.15) is 10.5 Å². The van der Waals surface area contributed by atoms with Gasteiger partial charge in [0.2, 0.25) is 0 Å². The normalized spacial score (nSPS) is 11.6. The van der Waals surface area contributed by atoms with Gasteiger partial charge in [-0.05, 0) is 83.9 Å². The average Bonchev–Trinajstić information content (AvgIpc) is 3.88. The van der Waals surface area contributed by atoms with Gasteiger partial charge < -0.3 is 13.7 Å². The molecule has 5 heteroatoms. The van der Waals surface area contributed by atoms with Gasteiger partial charge in [-0.3, -0.25) is 0 Å². The molecule has 3 aromatic heterocycles. The minimum absolute atomic E-state index is 0.553. The van der Waals surface area contributed by atoms with Crippen LogP contribution in [-0.4, -0.2) is 13.7 Å². The highest BCUT2D eigenvalue weighted by Crippen LogP contribution is 2.41. The van der Waals surface area contributed by atoms with Crippen LogP contribution in [0.5, 0.6) is 0 Å². The zero-order valence-electron chi connectivity index (χ0n) is 29.5. The molecule has 0 spiro atoms. The van der Waals surface area contributed by atoms with Gasteiger partial charge in [-0.1, -0.05) is 103 Å². The first-order chi connectivity index (χ1) is 27.2. The first-order valence-electron chi connectivity index (χ1n) is 18.3. The summed E-state index contributed by atoms with van der Waals surface area (Å²) >= 11 is 0. The summed E-state index contributed by atoms with van der Waals surface area (Å²) in [4.78, 5) is 0. The summed E-state index contributed by atoms with van der Waals surface area (Å²) in [6.07, 6.45) is 0. The molecular weight excluding hydrogens is 671 g/mol. The molecule has 3 heterocycles. The highest BCUT2D eigenvalue weighted by Gasteiger charge is 2.21. The van der Waals surface area contributed by atoms with E-state index < -0.39 is 0 Å². The van der Waals surface area contributed by atoms with Gasteiger partial charge in [-0.15, -0.1) is 0 Å². The summed E-state index contributed by atoms with van der Waals surface area (Å²) in [5.41, 5.74) is 12.1. The highest BCUT2D eigenvalue weighted by molar-refractivity contribution is 6.19. The molecule has 0 N–H and O–H groups in total. The fourth-order valence-electron chi connectivity index (χ4n) is 8.73. The van der Waals surface area contributed by atoms with Crippen LogP contribution < -0.4 is 0 Å². The quantitative estimate of drug-likeness (QED) is 0.184. The Labute approximate surface area is 316 Å². The van der Waals surface area contributed by atoms with Crippen molar-refractivity contribution in [2.24, 2.45) is 0 Å². The van der Waals surface area contributed by atoms with Gasteiger partial charge >= 0.3 is 0 Å². The Balaban J connectivity index is 1.09. The van der Waals surface area contributed by atoms with E-state index in [1.807, 2.05) is 54.6 Å². The Bertz CT molecular complexity index is 3400. The lowest BCUT2D eigenvalue weighted by Crippen LogP contribution is -1.99. The van der Waals surface area contributed by atoms with E-state index in [4.69, 9.17) is 0 Å². The van der Waals surface area contributed by atoms with Crippen molar-refractivity contribution in [2.45, 2.75) is 0 Å². The van der Waals surface area contributed by atoms with Crippen LogP contribution in [0.3, 0.4) is 0 Å². The molecule has 0 aliphatic rings. The maximum atomic E-state index is 10.7. The summed E-state index contributed by atoms with van der Waals surface area (Å²) in [6.45, 7) is 0. The summed E-state index contributed by atoms with van der Waals surface area (Å²) in [5.74, 6) is 0. The largest absolute Gasteiger partial charge is 0.309 e. The Morgan fingerprint density at radius 3 is 1.13 bits per heavy atom. The molecule has 0 bridgehead atoms. The summed E-state index contributed by atoms with van der Waals surface area (Å²) in [6, 6.07) is 65.8. The van der Waals surface area contributed by atoms with E-state index in [2.05, 4.69) is 147 Å². The van der Waals surface area contributed by atoms with Crippen molar-refractivity contribution in [1.29, 1.82) is 10.5 Å². The smallest absolute Gasteiger partial charge is 0.101 e. The molecule has 5 nitrogen and oxygen atoms in total. The molecule has 0 saturated heterocycles. The molecule has 0 unspecified atom stereocenters. The minimum Gasteiger partial charge on any atom is -0.309 e. The van der Waals surface area contributed by atoms with Crippen LogP contribution in [0.2, 0.25) is 0 Å². The van der Waals surface area contributed by atoms with Crippen LogP contribution in [0.4, 0.5) is 0 Å². The van der Waals surface area contributed by atoms with E-state index in [0.29, 0.717) is 11.1 Å². The van der Waals surface area contributed by atoms with Gasteiger partial charge in [0, 0.05) is 38.0 Å². The third-order valence-electron chi connectivity index (χ3n) is 11.1. The maximum absolute atomic E-state index is 10.7. The summed E-state index contributed by atoms with van der Waals surface area (Å²) in [7, 11) is 0. The molecule has 0 atom stereocenters. The van der Waals surface area contributed by atoms with Gasteiger partial charge in [0.1, 0.15) is 12.1 Å². The van der Waals surface area contributed by atoms with Crippen molar-refractivity contribution >= 4 is 65.4 Å². The Hall–Kier alpha value is -7.86. The summed E-state index contributed by atoms with van der Waals surface area (Å²) in [5, 5.41) is 28.1. The first kappa shape index (κ1) is 30.7. The van der Waals surface area contributed by atoms with Crippen molar-refractivity contribution in [3.63, 3.8) is 0 Å². The second-order valence-corrected chi connectivity index (χ2v) is 14.0. The van der Waals surface area contributed by atoms with Crippen LogP contribution >= 0.6 is 0 Å². The number of benzene rings is 8. The van der Waals surface area contributed by atoms with Crippen LogP contribution in [-0.2, 0) is 0 Å². The molecule has 0 fully saturated rings. The van der Waals surface area contributed by atoms with Crippen molar-refractivity contribution in [1.82, 2.24) is 13.7 Å². The molecule has 8 aromatic carbocycles. The van der Waals surface area contributed by atoms with E-state index in [0.717, 1.165) is 88.2 Å². The van der Waals surface area contributed by atoms with Crippen molar-refractivity contribution in [3.05, 3.63) is 187 Å². The molecular formula is C50H29N5. The zero-order chi connectivity index (χ0) is 36.6. The van der Waals surface area contributed by atoms with Crippen LogP contribution in [0.15, 0.2) is 176 Å². The van der Waals surface area contributed by atoms with E-state index in [9.17, 15) is 10.5 Å². The van der Waals surface area contributed by atoms with Crippen molar-refractivity contribution in [2.75, 3.05) is 0 Å². The van der Waals surface area contributed by atoms with Crippen LogP contribution in [0, 0.1) is 22.7 Å². The van der Waals surface area contributed by atoms with Gasteiger partial charge in [-0.25, -0.2) is 0 Å². The van der Waals surface area contributed by atoms with Crippen molar-refractivity contribution < 1.29 is 0 Å². The predicted molar refractivity (Wildman–Crippen MR) is 224 cm³/mol. The number of nitriles is 2. The molecule has 0 aliphatic carbocycles. The maximum Gasteiger partial charge on any atom is 0.101 e. The molecule has 0 saturated carbocycles. The Morgan fingerprint density at radius 1 is 0.309 bits per heavy atom. The lowest BCUT2D eigenvalue weighted by Gasteiger charge is -2.14. The first-order valence-corrected chi connectivity index (χ1v) is 18.3. The zero-order valence-corrected chi connectivity index (χ0v) is 29.5. The molecule has 0 radical (unpaired) electrons. The van der Waals surface area contributed by atoms with Gasteiger partial charge in [0.05, 0.1) is 55.6 Å². The van der Waals surface area contributed by atoms with Gasteiger partial charge in [0.25, 0.3) is 0 Å². The third kappa shape index (κ3) is 4.45. The molecule has 254 valence electrons. The fraction of sp³-hybridized carbons (Fsp3) is 0. The fourth-order valence-corrected chi connectivity index (χ4v) is 8.73. The van der Waals surface area contributed by atoms with E-state index >= 15 is 0 Å². The molecule has 0 amide bonds. The lowest BCUT2D eigenvalue weighted by molar-refractivity contribution is 1.16. The summed E-state index contributed by atoms with van der Waals surface area (Å²) < 4.78 is 6.74. The number of hydrogen-bond acceptors (Lipinski definition) is 2. The minimum atomic E-state index is 0.553. The number of rotatable bonds is 4. The van der Waals surface area contributed by atoms with E-state index in [1.165, 1.54) is 5.39 Å². The average molecular weight is 700 g/mol. The topological polar surface area (TPSA) is 62.4 Å². The predicted octanol–water partition coefficient (Wildman–Crippen LogP) is 12.4. The second kappa shape index (κ2) is 11.8. The number of aromatic nitrogens is 3. The monoisotopic (exact) mass is 699 g/mol. The number of para-hydroxylation sites is 5. The third-order valence-corrected chi connectivity index (χ3v) is 11.1. The molecule has 0 aliphatic heterocycles. The van der Waals surface area contributed by atoms with Gasteiger partial charge in [0.15, 0.2) is 0 Å². The SMILES string of the molecule is N#Cc1cc(-c2ccc(-n3c4ccccc4c4cc5c(cc43)c3ccccc3n5-c3ccccc3)c(C#N)c2)ccc1-n1c2ccccc2c2ccccc21.